The van der Waals surface area contributed by atoms with Gasteiger partial charge in [-0.2, -0.15) is 23.0 Å². The molecule has 3 N–H and O–H groups in total. The number of benzene rings is 4. The molecule has 46 heavy (non-hydrogen) atoms. The fourth-order valence-corrected chi connectivity index (χ4v) is 6.73. The molecule has 0 saturated heterocycles. The van der Waals surface area contributed by atoms with E-state index >= 15 is 0 Å². The number of phenolic OH excluding ortho intramolecular Hbond substituents is 1. The first-order valence-corrected chi connectivity index (χ1v) is 16.7. The average Bonchev–Trinajstić information content (AvgIpc) is 3.00. The number of amides is 1. The van der Waals surface area contributed by atoms with E-state index in [0.717, 1.165) is 6.07 Å². The number of carbonyl (C=O) groups is 1. The molecular weight excluding hydrogens is 636 g/mol. The molecule has 0 fully saturated rings. The van der Waals surface area contributed by atoms with E-state index in [1.807, 2.05) is 0 Å². The predicted molar refractivity (Wildman–Crippen MR) is 172 cm³/mol. The Labute approximate surface area is 266 Å². The van der Waals surface area contributed by atoms with Gasteiger partial charge >= 0.3 is 0 Å². The van der Waals surface area contributed by atoms with Crippen LogP contribution in [0.3, 0.4) is 0 Å². The lowest BCUT2D eigenvalue weighted by molar-refractivity contribution is -0.114. The summed E-state index contributed by atoms with van der Waals surface area (Å²) in [5.74, 6) is -0.876. The van der Waals surface area contributed by atoms with E-state index in [0.29, 0.717) is 30.0 Å². The zero-order valence-electron chi connectivity index (χ0n) is 25.6. The van der Waals surface area contributed by atoms with Crippen LogP contribution in [0.1, 0.15) is 26.3 Å². The molecule has 0 aliphatic heterocycles. The number of sulfonamides is 1. The fourth-order valence-electron chi connectivity index (χ4n) is 4.61. The summed E-state index contributed by atoms with van der Waals surface area (Å²) in [6, 6.07) is 14.7. The van der Waals surface area contributed by atoms with Gasteiger partial charge < -0.3 is 15.2 Å². The summed E-state index contributed by atoms with van der Waals surface area (Å²) < 4.78 is 66.7. The molecule has 4 aromatic carbocycles. The highest BCUT2D eigenvalue weighted by molar-refractivity contribution is 7.89. The molecule has 0 radical (unpaired) electrons. The summed E-state index contributed by atoms with van der Waals surface area (Å²) in [5.41, 5.74) is 1.16. The second kappa shape index (κ2) is 13.7. The summed E-state index contributed by atoms with van der Waals surface area (Å²) in [5, 5.41) is 30.5. The minimum Gasteiger partial charge on any atom is -0.505 e. The Morgan fingerprint density at radius 1 is 0.913 bits per heavy atom. The van der Waals surface area contributed by atoms with Crippen molar-refractivity contribution in [3.05, 3.63) is 66.2 Å². The van der Waals surface area contributed by atoms with E-state index in [1.54, 1.807) is 32.9 Å². The molecule has 0 aromatic heterocycles. The number of methoxy groups -OCH3 is 1. The Kier molecular flexibility index (Phi) is 10.2. The molecular formula is C30H32N6O8S2. The molecule has 0 saturated carbocycles. The molecule has 0 bridgehead atoms. The normalized spacial score (nSPS) is 12.4. The van der Waals surface area contributed by atoms with E-state index in [4.69, 9.17) is 4.74 Å². The first-order chi connectivity index (χ1) is 21.7. The number of hydrogen-bond donors (Lipinski definition) is 3. The Hall–Kier alpha value is -4.77. The zero-order chi connectivity index (χ0) is 33.8. The molecule has 14 nitrogen and oxygen atoms in total. The van der Waals surface area contributed by atoms with Crippen molar-refractivity contribution in [2.45, 2.75) is 37.5 Å². The molecule has 0 spiro atoms. The van der Waals surface area contributed by atoms with Gasteiger partial charge in [0, 0.05) is 31.5 Å². The van der Waals surface area contributed by atoms with Gasteiger partial charge in [0.1, 0.15) is 22.0 Å². The summed E-state index contributed by atoms with van der Waals surface area (Å²) in [7, 11) is -7.11. The van der Waals surface area contributed by atoms with E-state index in [-0.39, 0.29) is 32.8 Å². The highest BCUT2D eigenvalue weighted by atomic mass is 32.2. The van der Waals surface area contributed by atoms with Gasteiger partial charge in [0.2, 0.25) is 15.9 Å². The van der Waals surface area contributed by atoms with Crippen LogP contribution in [0, 0.1) is 6.92 Å². The van der Waals surface area contributed by atoms with Crippen LogP contribution in [-0.2, 0) is 24.9 Å². The maximum Gasteiger partial charge on any atom is 0.296 e. The predicted octanol–water partition coefficient (Wildman–Crippen LogP) is 6.93. The number of fused-ring (bicyclic) bond motifs is 1. The number of azo groups is 2. The van der Waals surface area contributed by atoms with Crippen molar-refractivity contribution in [2.24, 2.45) is 20.5 Å². The van der Waals surface area contributed by atoms with Gasteiger partial charge in [-0.25, -0.2) is 8.42 Å². The third kappa shape index (κ3) is 7.20. The number of aromatic hydroxyl groups is 1. The van der Waals surface area contributed by atoms with Gasteiger partial charge in [-0.15, -0.1) is 10.2 Å². The molecule has 4 rings (SSSR count). The Balaban J connectivity index is 1.71. The standard InChI is InChI=1S/C30H32N6O8S2/c1-6-36(7-2)45(39,40)22-13-11-21(12-14-22)32-33-24-17-26(44-5)25(15-18(24)3)34-35-29-27(46(41,42)43)16-20-9-8-10-23(31-19(4)37)28(20)30(29)38/h8-17,38H,6-7H2,1-5H3,(H,31,37)(H,41,42,43). The third-order valence-corrected chi connectivity index (χ3v) is 9.81. The SMILES string of the molecule is CCN(CC)S(=O)(=O)c1ccc(N=Nc2cc(OC)c(N=Nc3c(S(=O)(=O)O)cc4cccc(NC(C)=O)c4c3O)cc2C)cc1. The van der Waals surface area contributed by atoms with Crippen LogP contribution >= 0.6 is 0 Å². The molecule has 1 amide bonds. The lowest BCUT2D eigenvalue weighted by atomic mass is 10.1. The van der Waals surface area contributed by atoms with Crippen LogP contribution < -0.4 is 10.1 Å². The second-order valence-corrected chi connectivity index (χ2v) is 13.3. The van der Waals surface area contributed by atoms with E-state index < -0.39 is 42.4 Å². The summed E-state index contributed by atoms with van der Waals surface area (Å²) in [6.07, 6.45) is 0. The fraction of sp³-hybridized carbons (Fsp3) is 0.233. The summed E-state index contributed by atoms with van der Waals surface area (Å²) in [6.45, 7) is 7.22. The largest absolute Gasteiger partial charge is 0.505 e. The van der Waals surface area contributed by atoms with Crippen LogP contribution in [0.15, 0.2) is 90.9 Å². The first-order valence-electron chi connectivity index (χ1n) is 13.9. The minimum atomic E-state index is -4.87. The monoisotopic (exact) mass is 668 g/mol. The number of phenols is 1. The van der Waals surface area contributed by atoms with Crippen molar-refractivity contribution < 1.29 is 36.0 Å². The number of ether oxygens (including phenoxy) is 1. The van der Waals surface area contributed by atoms with Crippen molar-refractivity contribution in [1.82, 2.24) is 4.31 Å². The quantitative estimate of drug-likeness (QED) is 0.113. The Bertz CT molecular complexity index is 2080. The van der Waals surface area contributed by atoms with Gasteiger partial charge in [-0.05, 0) is 60.3 Å². The number of rotatable bonds is 11. The Morgan fingerprint density at radius 2 is 1.57 bits per heavy atom. The maximum atomic E-state index is 12.7. The van der Waals surface area contributed by atoms with Crippen molar-refractivity contribution in [2.75, 3.05) is 25.5 Å². The molecule has 0 unspecified atom stereocenters. The van der Waals surface area contributed by atoms with Gasteiger partial charge in [0.25, 0.3) is 10.1 Å². The van der Waals surface area contributed by atoms with Crippen molar-refractivity contribution in [1.29, 1.82) is 0 Å². The first kappa shape index (κ1) is 34.1. The summed E-state index contributed by atoms with van der Waals surface area (Å²) >= 11 is 0. The van der Waals surface area contributed by atoms with Gasteiger partial charge in [-0.3, -0.25) is 9.35 Å². The maximum absolute atomic E-state index is 12.7. The number of carbonyl (C=O) groups excluding carboxylic acids is 1. The zero-order valence-corrected chi connectivity index (χ0v) is 27.2. The highest BCUT2D eigenvalue weighted by Gasteiger charge is 2.24. The number of nitrogens with zero attached hydrogens (tertiary/aromatic N) is 5. The van der Waals surface area contributed by atoms with Crippen molar-refractivity contribution >= 4 is 65.3 Å². The topological polar surface area (TPSA) is 200 Å². The van der Waals surface area contributed by atoms with Crippen LogP contribution in [0.2, 0.25) is 0 Å². The third-order valence-electron chi connectivity index (χ3n) is 6.87. The lowest BCUT2D eigenvalue weighted by Gasteiger charge is -2.18. The van der Waals surface area contributed by atoms with Crippen LogP contribution in [0.4, 0.5) is 28.4 Å². The smallest absolute Gasteiger partial charge is 0.296 e. The van der Waals surface area contributed by atoms with Crippen LogP contribution in [0.5, 0.6) is 11.5 Å². The van der Waals surface area contributed by atoms with Crippen LogP contribution in [0.25, 0.3) is 10.8 Å². The van der Waals surface area contributed by atoms with E-state index in [1.165, 1.54) is 60.8 Å². The second-order valence-electron chi connectivity index (χ2n) is 9.93. The molecule has 242 valence electrons. The summed E-state index contributed by atoms with van der Waals surface area (Å²) in [4.78, 5) is 11.2. The van der Waals surface area contributed by atoms with Crippen LogP contribution in [-0.4, -0.2) is 56.9 Å². The average molecular weight is 669 g/mol. The van der Waals surface area contributed by atoms with Crippen molar-refractivity contribution in [3.8, 4) is 11.5 Å². The van der Waals surface area contributed by atoms with Crippen molar-refractivity contribution in [3.63, 3.8) is 0 Å². The Morgan fingerprint density at radius 3 is 2.15 bits per heavy atom. The molecule has 0 aliphatic carbocycles. The number of anilines is 1. The number of hydrogen-bond acceptors (Lipinski definition) is 11. The molecule has 16 heteroatoms. The molecule has 0 aliphatic rings. The van der Waals surface area contributed by atoms with E-state index in [9.17, 15) is 31.3 Å². The van der Waals surface area contributed by atoms with Gasteiger partial charge in [-0.1, -0.05) is 26.0 Å². The highest BCUT2D eigenvalue weighted by Crippen LogP contribution is 2.45. The lowest BCUT2D eigenvalue weighted by Crippen LogP contribution is -2.30. The van der Waals surface area contributed by atoms with Gasteiger partial charge in [0.15, 0.2) is 5.75 Å². The minimum absolute atomic E-state index is 0.0941. The number of aryl methyl sites for hydroxylation is 1. The molecule has 4 aromatic rings. The number of nitrogens with one attached hydrogen (secondary N) is 1. The molecule has 0 heterocycles. The van der Waals surface area contributed by atoms with Gasteiger partial charge in [0.05, 0.1) is 29.1 Å². The molecule has 0 atom stereocenters. The van der Waals surface area contributed by atoms with E-state index in [2.05, 4.69) is 25.8 Å².